The number of carbonyl (C=O) groups is 1. The van der Waals surface area contributed by atoms with Gasteiger partial charge in [0.15, 0.2) is 0 Å². The van der Waals surface area contributed by atoms with Gasteiger partial charge in [0.25, 0.3) is 0 Å². The molecule has 0 saturated carbocycles. The van der Waals surface area contributed by atoms with Crippen LogP contribution in [0.4, 0.5) is 0 Å². The minimum atomic E-state index is -0.157. The van der Waals surface area contributed by atoms with Gasteiger partial charge in [0.05, 0.1) is 11.7 Å². The molecule has 1 N–H and O–H groups in total. The monoisotopic (exact) mass is 317 g/mol. The Bertz CT molecular complexity index is 719. The first kappa shape index (κ1) is 16.3. The molecule has 2 aromatic rings. The Labute approximate surface area is 135 Å². The van der Waals surface area contributed by atoms with E-state index in [1.165, 1.54) is 6.08 Å². The molecule has 1 amide bonds. The number of benzene rings is 1. The Morgan fingerprint density at radius 1 is 1.36 bits per heavy atom. The van der Waals surface area contributed by atoms with E-state index < -0.39 is 0 Å². The summed E-state index contributed by atoms with van der Waals surface area (Å²) in [5.41, 5.74) is 3.83. The van der Waals surface area contributed by atoms with E-state index in [4.69, 9.17) is 11.6 Å². The number of hydrogen-bond donors (Lipinski definition) is 1. The molecule has 5 heteroatoms. The molecule has 1 aromatic heterocycles. The number of nitrogens with one attached hydrogen (secondary N) is 1. The van der Waals surface area contributed by atoms with E-state index in [2.05, 4.69) is 10.4 Å². The van der Waals surface area contributed by atoms with Crippen LogP contribution in [0.2, 0.25) is 5.15 Å². The lowest BCUT2D eigenvalue weighted by molar-refractivity contribution is -0.117. The number of amides is 1. The molecule has 1 unspecified atom stereocenters. The number of hydrogen-bond acceptors (Lipinski definition) is 2. The molecule has 0 bridgehead atoms. The van der Waals surface area contributed by atoms with Crippen molar-refractivity contribution >= 4 is 23.6 Å². The van der Waals surface area contributed by atoms with Crippen LogP contribution in [0.25, 0.3) is 6.08 Å². The van der Waals surface area contributed by atoms with E-state index in [-0.39, 0.29) is 11.9 Å². The largest absolute Gasteiger partial charge is 0.346 e. The van der Waals surface area contributed by atoms with Crippen LogP contribution in [0.3, 0.4) is 0 Å². The fourth-order valence-corrected chi connectivity index (χ4v) is 2.64. The summed E-state index contributed by atoms with van der Waals surface area (Å²) >= 11 is 6.14. The molecule has 0 fully saturated rings. The van der Waals surface area contributed by atoms with Gasteiger partial charge in [-0.1, -0.05) is 35.9 Å². The maximum Gasteiger partial charge on any atom is 0.244 e. The van der Waals surface area contributed by atoms with Crippen molar-refractivity contribution in [2.24, 2.45) is 7.05 Å². The summed E-state index contributed by atoms with van der Waals surface area (Å²) in [5.74, 6) is -0.157. The molecule has 22 heavy (non-hydrogen) atoms. The van der Waals surface area contributed by atoms with Gasteiger partial charge in [-0.2, -0.15) is 5.10 Å². The molecular weight excluding hydrogens is 298 g/mol. The minimum absolute atomic E-state index is 0.0520. The maximum absolute atomic E-state index is 12.1. The van der Waals surface area contributed by atoms with E-state index >= 15 is 0 Å². The highest BCUT2D eigenvalue weighted by atomic mass is 35.5. The van der Waals surface area contributed by atoms with E-state index in [1.807, 2.05) is 45.0 Å². The lowest BCUT2D eigenvalue weighted by atomic mass is 10.0. The average Bonchev–Trinajstić information content (AvgIpc) is 2.70. The van der Waals surface area contributed by atoms with Crippen molar-refractivity contribution in [3.63, 3.8) is 0 Å². The summed E-state index contributed by atoms with van der Waals surface area (Å²) in [6.07, 6.45) is 3.19. The fraction of sp³-hybridized carbons (Fsp3) is 0.294. The van der Waals surface area contributed by atoms with E-state index in [9.17, 15) is 4.79 Å². The summed E-state index contributed by atoms with van der Waals surface area (Å²) < 4.78 is 1.59. The smallest absolute Gasteiger partial charge is 0.244 e. The van der Waals surface area contributed by atoms with Crippen molar-refractivity contribution in [3.8, 4) is 0 Å². The number of aryl methyl sites for hydroxylation is 3. The summed E-state index contributed by atoms with van der Waals surface area (Å²) in [4.78, 5) is 12.1. The lowest BCUT2D eigenvalue weighted by Crippen LogP contribution is -2.25. The number of carbonyl (C=O) groups excluding carboxylic acids is 1. The standard InChI is InChI=1S/C17H20ClN3O/c1-11-7-5-6-8-14(11)12(2)19-16(22)10-9-15-13(3)20-21(4)17(15)18/h5-10,12H,1-4H3,(H,19,22)/b10-9+. The van der Waals surface area contributed by atoms with Crippen LogP contribution in [0.15, 0.2) is 30.3 Å². The van der Waals surface area contributed by atoms with Crippen LogP contribution in [-0.2, 0) is 11.8 Å². The van der Waals surface area contributed by atoms with E-state index in [0.717, 1.165) is 22.4 Å². The van der Waals surface area contributed by atoms with Crippen molar-refractivity contribution in [3.05, 3.63) is 57.9 Å². The van der Waals surface area contributed by atoms with Gasteiger partial charge in [-0.05, 0) is 38.0 Å². The molecule has 0 aliphatic carbocycles. The van der Waals surface area contributed by atoms with Gasteiger partial charge in [-0.25, -0.2) is 0 Å². The molecule has 4 nitrogen and oxygen atoms in total. The van der Waals surface area contributed by atoms with Gasteiger partial charge in [0.2, 0.25) is 5.91 Å². The highest BCUT2D eigenvalue weighted by Gasteiger charge is 2.11. The Morgan fingerprint density at radius 2 is 2.05 bits per heavy atom. The summed E-state index contributed by atoms with van der Waals surface area (Å²) in [6.45, 7) is 5.86. The first-order chi connectivity index (χ1) is 10.4. The summed E-state index contributed by atoms with van der Waals surface area (Å²) in [5, 5.41) is 7.69. The van der Waals surface area contributed by atoms with Crippen LogP contribution in [0.1, 0.15) is 35.3 Å². The second-order valence-corrected chi connectivity index (χ2v) is 5.69. The Morgan fingerprint density at radius 3 is 2.64 bits per heavy atom. The van der Waals surface area contributed by atoms with Crippen LogP contribution in [0.5, 0.6) is 0 Å². The van der Waals surface area contributed by atoms with Gasteiger partial charge in [-0.15, -0.1) is 0 Å². The third kappa shape index (κ3) is 3.57. The predicted octanol–water partition coefficient (Wildman–Crippen LogP) is 3.58. The van der Waals surface area contributed by atoms with Crippen molar-refractivity contribution in [2.45, 2.75) is 26.8 Å². The quantitative estimate of drug-likeness (QED) is 0.876. The van der Waals surface area contributed by atoms with Crippen molar-refractivity contribution in [2.75, 3.05) is 0 Å². The number of aromatic nitrogens is 2. The zero-order valence-corrected chi connectivity index (χ0v) is 14.0. The molecule has 0 spiro atoms. The first-order valence-corrected chi connectivity index (χ1v) is 7.51. The van der Waals surface area contributed by atoms with Gasteiger partial charge < -0.3 is 5.32 Å². The highest BCUT2D eigenvalue weighted by Crippen LogP contribution is 2.20. The third-order valence-corrected chi connectivity index (χ3v) is 4.06. The molecule has 1 atom stereocenters. The molecule has 2 rings (SSSR count). The second-order valence-electron chi connectivity index (χ2n) is 5.33. The van der Waals surface area contributed by atoms with E-state index in [0.29, 0.717) is 5.15 Å². The first-order valence-electron chi connectivity index (χ1n) is 7.13. The highest BCUT2D eigenvalue weighted by molar-refractivity contribution is 6.31. The molecule has 116 valence electrons. The fourth-order valence-electron chi connectivity index (χ4n) is 2.41. The summed E-state index contributed by atoms with van der Waals surface area (Å²) in [6, 6.07) is 7.96. The topological polar surface area (TPSA) is 46.9 Å². The number of halogens is 1. The van der Waals surface area contributed by atoms with Gasteiger partial charge >= 0.3 is 0 Å². The zero-order chi connectivity index (χ0) is 16.3. The lowest BCUT2D eigenvalue weighted by Gasteiger charge is -2.15. The average molecular weight is 318 g/mol. The van der Waals surface area contributed by atoms with Gasteiger partial charge in [0, 0.05) is 18.7 Å². The molecular formula is C17H20ClN3O. The number of nitrogens with zero attached hydrogens (tertiary/aromatic N) is 2. The molecule has 0 saturated heterocycles. The normalized spacial score (nSPS) is 12.6. The Balaban J connectivity index is 2.07. The van der Waals surface area contributed by atoms with Crippen LogP contribution < -0.4 is 5.32 Å². The van der Waals surface area contributed by atoms with Gasteiger partial charge in [-0.3, -0.25) is 9.48 Å². The van der Waals surface area contributed by atoms with Crippen LogP contribution >= 0.6 is 11.6 Å². The van der Waals surface area contributed by atoms with Crippen LogP contribution in [0, 0.1) is 13.8 Å². The Hall–Kier alpha value is -2.07. The van der Waals surface area contributed by atoms with Gasteiger partial charge in [0.1, 0.15) is 5.15 Å². The summed E-state index contributed by atoms with van der Waals surface area (Å²) in [7, 11) is 1.77. The second kappa shape index (κ2) is 6.79. The van der Waals surface area contributed by atoms with Crippen molar-refractivity contribution in [1.82, 2.24) is 15.1 Å². The Kier molecular flexibility index (Phi) is 5.03. The molecule has 0 aliphatic heterocycles. The SMILES string of the molecule is Cc1ccccc1C(C)NC(=O)/C=C/c1c(C)nn(C)c1Cl. The zero-order valence-electron chi connectivity index (χ0n) is 13.2. The molecule has 1 aromatic carbocycles. The molecule has 0 radical (unpaired) electrons. The number of rotatable bonds is 4. The van der Waals surface area contributed by atoms with Crippen molar-refractivity contribution < 1.29 is 4.79 Å². The third-order valence-electron chi connectivity index (χ3n) is 3.61. The van der Waals surface area contributed by atoms with Crippen molar-refractivity contribution in [1.29, 1.82) is 0 Å². The minimum Gasteiger partial charge on any atom is -0.346 e. The molecule has 1 heterocycles. The van der Waals surface area contributed by atoms with E-state index in [1.54, 1.807) is 17.8 Å². The molecule has 0 aliphatic rings. The van der Waals surface area contributed by atoms with Crippen LogP contribution in [-0.4, -0.2) is 15.7 Å². The predicted molar refractivity (Wildman–Crippen MR) is 89.7 cm³/mol. The maximum atomic E-state index is 12.1.